The zero-order valence-electron chi connectivity index (χ0n) is 6.85. The number of benzene rings is 1. The highest BCUT2D eigenvalue weighted by Crippen LogP contribution is 2.21. The minimum atomic E-state index is -0.634. The van der Waals surface area contributed by atoms with Crippen LogP contribution in [0.15, 0.2) is 12.1 Å². The van der Waals surface area contributed by atoms with Gasteiger partial charge in [-0.2, -0.15) is 0 Å². The lowest BCUT2D eigenvalue weighted by molar-refractivity contribution is 0.101. The van der Waals surface area contributed by atoms with Gasteiger partial charge in [0.1, 0.15) is 0 Å². The van der Waals surface area contributed by atoms with E-state index in [0.717, 1.165) is 0 Å². The SMILES string of the molecule is COc1c(F)[c]ccc1C(C)=O. The van der Waals surface area contributed by atoms with Gasteiger partial charge in [0.2, 0.25) is 0 Å². The maximum Gasteiger partial charge on any atom is 0.173 e. The van der Waals surface area contributed by atoms with Gasteiger partial charge in [-0.05, 0) is 13.0 Å². The molecule has 0 atom stereocenters. The van der Waals surface area contributed by atoms with E-state index in [2.05, 4.69) is 6.07 Å². The van der Waals surface area contributed by atoms with Gasteiger partial charge in [0, 0.05) is 6.07 Å². The minimum absolute atomic E-state index is 0.0370. The van der Waals surface area contributed by atoms with Crippen LogP contribution in [0.5, 0.6) is 5.75 Å². The highest BCUT2D eigenvalue weighted by atomic mass is 19.1. The molecule has 0 bridgehead atoms. The fraction of sp³-hybridized carbons (Fsp3) is 0.222. The maximum atomic E-state index is 12.9. The highest BCUT2D eigenvalue weighted by molar-refractivity contribution is 5.96. The van der Waals surface area contributed by atoms with Crippen molar-refractivity contribution in [3.63, 3.8) is 0 Å². The lowest BCUT2D eigenvalue weighted by Crippen LogP contribution is -1.99. The van der Waals surface area contributed by atoms with Gasteiger partial charge >= 0.3 is 0 Å². The van der Waals surface area contributed by atoms with E-state index in [1.54, 1.807) is 0 Å². The molecule has 1 aromatic rings. The van der Waals surface area contributed by atoms with Crippen LogP contribution < -0.4 is 4.74 Å². The Bertz CT molecular complexity index is 307. The fourth-order valence-electron chi connectivity index (χ4n) is 0.934. The molecule has 1 aromatic carbocycles. The fourth-order valence-corrected chi connectivity index (χ4v) is 0.934. The first-order valence-corrected chi connectivity index (χ1v) is 3.42. The summed E-state index contributed by atoms with van der Waals surface area (Å²) in [6.07, 6.45) is 0. The Balaban J connectivity index is 3.27. The number of ether oxygens (including phenoxy) is 1. The first-order chi connectivity index (χ1) is 5.66. The van der Waals surface area contributed by atoms with E-state index in [9.17, 15) is 9.18 Å². The minimum Gasteiger partial charge on any atom is -0.493 e. The molecule has 0 saturated heterocycles. The summed E-state index contributed by atoms with van der Waals surface area (Å²) in [4.78, 5) is 10.9. The number of hydrogen-bond donors (Lipinski definition) is 0. The topological polar surface area (TPSA) is 26.3 Å². The number of halogens is 1. The summed E-state index contributed by atoms with van der Waals surface area (Å²) < 4.78 is 17.6. The Morgan fingerprint density at radius 1 is 1.67 bits per heavy atom. The van der Waals surface area contributed by atoms with Gasteiger partial charge in [0.05, 0.1) is 12.7 Å². The molecule has 63 valence electrons. The number of hydrogen-bond acceptors (Lipinski definition) is 2. The van der Waals surface area contributed by atoms with Crippen molar-refractivity contribution in [3.8, 4) is 5.75 Å². The maximum absolute atomic E-state index is 12.9. The summed E-state index contributed by atoms with van der Waals surface area (Å²) in [5.74, 6) is -0.894. The van der Waals surface area contributed by atoms with E-state index >= 15 is 0 Å². The van der Waals surface area contributed by atoms with Crippen molar-refractivity contribution < 1.29 is 13.9 Å². The van der Waals surface area contributed by atoms with E-state index in [-0.39, 0.29) is 17.1 Å². The molecule has 0 amide bonds. The lowest BCUT2D eigenvalue weighted by Gasteiger charge is -2.04. The predicted molar refractivity (Wildman–Crippen MR) is 41.8 cm³/mol. The molecule has 0 saturated carbocycles. The summed E-state index contributed by atoms with van der Waals surface area (Å²) >= 11 is 0. The molecule has 0 aliphatic carbocycles. The first-order valence-electron chi connectivity index (χ1n) is 3.42. The second-order valence-electron chi connectivity index (χ2n) is 2.29. The molecule has 0 spiro atoms. The third-order valence-electron chi connectivity index (χ3n) is 1.49. The summed E-state index contributed by atoms with van der Waals surface area (Å²) in [7, 11) is 1.32. The number of Topliss-reactive ketones (excluding diaryl/α,β-unsaturated/α-hetero) is 1. The van der Waals surface area contributed by atoms with E-state index < -0.39 is 5.82 Å². The summed E-state index contributed by atoms with van der Waals surface area (Å²) in [5, 5.41) is 0. The predicted octanol–water partition coefficient (Wildman–Crippen LogP) is 1.84. The van der Waals surface area contributed by atoms with Crippen molar-refractivity contribution >= 4 is 5.78 Å². The second-order valence-corrected chi connectivity index (χ2v) is 2.29. The molecule has 0 aliphatic heterocycles. The lowest BCUT2D eigenvalue weighted by atomic mass is 10.1. The van der Waals surface area contributed by atoms with Crippen LogP contribution >= 0.6 is 0 Å². The van der Waals surface area contributed by atoms with Crippen LogP contribution in [0.4, 0.5) is 4.39 Å². The number of carbonyl (C=O) groups excluding carboxylic acids is 1. The Morgan fingerprint density at radius 3 is 2.75 bits per heavy atom. The number of rotatable bonds is 2. The van der Waals surface area contributed by atoms with E-state index in [1.165, 1.54) is 26.2 Å². The van der Waals surface area contributed by atoms with E-state index in [1.807, 2.05) is 0 Å². The molecule has 0 aromatic heterocycles. The van der Waals surface area contributed by atoms with Crippen LogP contribution in [-0.2, 0) is 0 Å². The average molecular weight is 167 g/mol. The third kappa shape index (κ3) is 1.44. The molecule has 2 nitrogen and oxygen atoms in total. The number of carbonyl (C=O) groups is 1. The average Bonchev–Trinajstić information content (AvgIpc) is 2.03. The molecule has 0 heterocycles. The third-order valence-corrected chi connectivity index (χ3v) is 1.49. The standard InChI is InChI=1S/C9H8FO2/c1-6(11)7-4-3-5-8(10)9(7)12-2/h3-4H,1-2H3. The Kier molecular flexibility index (Phi) is 2.43. The van der Waals surface area contributed by atoms with Crippen molar-refractivity contribution in [1.29, 1.82) is 0 Å². The van der Waals surface area contributed by atoms with Gasteiger partial charge in [-0.1, -0.05) is 6.07 Å². The highest BCUT2D eigenvalue weighted by Gasteiger charge is 2.11. The molecule has 0 unspecified atom stereocenters. The molecular formula is C9H8FO2. The summed E-state index contributed by atoms with van der Waals surface area (Å²) in [6, 6.07) is 5.13. The molecular weight excluding hydrogens is 159 g/mol. The number of methoxy groups -OCH3 is 1. The monoisotopic (exact) mass is 167 g/mol. The van der Waals surface area contributed by atoms with Gasteiger partial charge < -0.3 is 4.74 Å². The molecule has 12 heavy (non-hydrogen) atoms. The zero-order valence-corrected chi connectivity index (χ0v) is 6.85. The molecule has 1 rings (SSSR count). The van der Waals surface area contributed by atoms with Crippen LogP contribution in [0, 0.1) is 11.9 Å². The first kappa shape index (κ1) is 8.71. The Labute approximate surface area is 70.0 Å². The van der Waals surface area contributed by atoms with Crippen LogP contribution in [0.1, 0.15) is 17.3 Å². The van der Waals surface area contributed by atoms with E-state index in [4.69, 9.17) is 4.74 Å². The van der Waals surface area contributed by atoms with Gasteiger partial charge in [-0.25, -0.2) is 4.39 Å². The molecule has 1 radical (unpaired) electrons. The van der Waals surface area contributed by atoms with Crippen LogP contribution in [0.25, 0.3) is 0 Å². The quantitative estimate of drug-likeness (QED) is 0.628. The van der Waals surface area contributed by atoms with Crippen molar-refractivity contribution in [2.45, 2.75) is 6.92 Å². The van der Waals surface area contributed by atoms with Gasteiger partial charge in [-0.15, -0.1) is 0 Å². The van der Waals surface area contributed by atoms with Crippen LogP contribution in [0.2, 0.25) is 0 Å². The van der Waals surface area contributed by atoms with E-state index in [0.29, 0.717) is 0 Å². The number of ketones is 1. The van der Waals surface area contributed by atoms with Gasteiger partial charge in [0.25, 0.3) is 0 Å². The summed E-state index contributed by atoms with van der Waals surface area (Å²) in [5.41, 5.74) is 0.244. The molecule has 0 fully saturated rings. The normalized spacial score (nSPS) is 9.58. The Morgan fingerprint density at radius 2 is 2.33 bits per heavy atom. The smallest absolute Gasteiger partial charge is 0.173 e. The second kappa shape index (κ2) is 3.34. The molecule has 3 heteroatoms. The van der Waals surface area contributed by atoms with Gasteiger partial charge in [0.15, 0.2) is 17.3 Å². The zero-order chi connectivity index (χ0) is 9.14. The van der Waals surface area contributed by atoms with Crippen molar-refractivity contribution in [2.75, 3.05) is 7.11 Å². The molecule has 0 aliphatic rings. The van der Waals surface area contributed by atoms with Gasteiger partial charge in [-0.3, -0.25) is 4.79 Å². The van der Waals surface area contributed by atoms with Crippen molar-refractivity contribution in [2.24, 2.45) is 0 Å². The van der Waals surface area contributed by atoms with Crippen molar-refractivity contribution in [3.05, 3.63) is 29.6 Å². The summed E-state index contributed by atoms with van der Waals surface area (Å²) in [6.45, 7) is 1.36. The van der Waals surface area contributed by atoms with Crippen molar-refractivity contribution in [1.82, 2.24) is 0 Å². The largest absolute Gasteiger partial charge is 0.493 e. The van der Waals surface area contributed by atoms with Crippen LogP contribution in [0.3, 0.4) is 0 Å². The Hall–Kier alpha value is -1.38. The van der Waals surface area contributed by atoms with Crippen LogP contribution in [-0.4, -0.2) is 12.9 Å². The molecule has 0 N–H and O–H groups in total.